The van der Waals surface area contributed by atoms with Gasteiger partial charge in [0.05, 0.1) is 11.2 Å². The van der Waals surface area contributed by atoms with Crippen LogP contribution in [0.3, 0.4) is 0 Å². The topological polar surface area (TPSA) is 61.0 Å². The Hall–Kier alpha value is -3.77. The smallest absolute Gasteiger partial charge is 0.248 e. The van der Waals surface area contributed by atoms with Crippen LogP contribution in [-0.2, 0) is 6.61 Å². The maximum absolute atomic E-state index is 5.94. The highest BCUT2D eigenvalue weighted by molar-refractivity contribution is 7.10. The van der Waals surface area contributed by atoms with Crippen LogP contribution in [0.2, 0.25) is 0 Å². The molecular formula is C24H17N3O2S. The number of rotatable bonds is 6. The highest BCUT2D eigenvalue weighted by Gasteiger charge is 2.11. The van der Waals surface area contributed by atoms with E-state index in [1.54, 1.807) is 11.3 Å². The van der Waals surface area contributed by atoms with Crippen molar-refractivity contribution in [1.29, 1.82) is 0 Å². The molecule has 0 unspecified atom stereocenters. The lowest BCUT2D eigenvalue weighted by Gasteiger charge is -2.08. The standard InChI is InChI=1S/C24H17N3O2S/c1-2-6-23-18(4-1)7-10-19(26-23)15-28-20-11-8-17(9-12-20)22(24-27-25-16-29-24)14-21-5-3-13-30-21/h1-14,16H,15H2/b22-14-. The van der Waals surface area contributed by atoms with Gasteiger partial charge in [-0.3, -0.25) is 0 Å². The van der Waals surface area contributed by atoms with E-state index in [2.05, 4.69) is 33.4 Å². The summed E-state index contributed by atoms with van der Waals surface area (Å²) in [4.78, 5) is 5.77. The molecule has 30 heavy (non-hydrogen) atoms. The first-order valence-electron chi connectivity index (χ1n) is 9.45. The van der Waals surface area contributed by atoms with Crippen LogP contribution in [0.15, 0.2) is 89.0 Å². The molecule has 5 rings (SSSR count). The van der Waals surface area contributed by atoms with E-state index in [1.807, 2.05) is 66.1 Å². The van der Waals surface area contributed by atoms with Gasteiger partial charge in [0, 0.05) is 15.8 Å². The Morgan fingerprint density at radius 1 is 0.967 bits per heavy atom. The maximum atomic E-state index is 5.94. The number of benzene rings is 2. The van der Waals surface area contributed by atoms with Crippen molar-refractivity contribution < 1.29 is 9.15 Å². The molecular weight excluding hydrogens is 394 g/mol. The summed E-state index contributed by atoms with van der Waals surface area (Å²) < 4.78 is 11.4. The summed E-state index contributed by atoms with van der Waals surface area (Å²) in [5, 5.41) is 11.0. The second-order valence-electron chi connectivity index (χ2n) is 6.63. The molecule has 0 saturated carbocycles. The average Bonchev–Trinajstić information content (AvgIpc) is 3.51. The largest absolute Gasteiger partial charge is 0.487 e. The third-order valence-corrected chi connectivity index (χ3v) is 5.45. The molecule has 146 valence electrons. The van der Waals surface area contributed by atoms with E-state index >= 15 is 0 Å². The molecule has 5 aromatic rings. The number of nitrogens with zero attached hydrogens (tertiary/aromatic N) is 3. The van der Waals surface area contributed by atoms with Crippen LogP contribution in [0.5, 0.6) is 5.75 Å². The van der Waals surface area contributed by atoms with Crippen molar-refractivity contribution in [2.75, 3.05) is 0 Å². The zero-order valence-corrected chi connectivity index (χ0v) is 16.8. The van der Waals surface area contributed by atoms with Crippen LogP contribution >= 0.6 is 11.3 Å². The Labute approximate surface area is 177 Å². The van der Waals surface area contributed by atoms with Gasteiger partial charge in [-0.25, -0.2) is 4.98 Å². The number of fused-ring (bicyclic) bond motifs is 1. The molecule has 3 aromatic heterocycles. The number of ether oxygens (including phenoxy) is 1. The van der Waals surface area contributed by atoms with Gasteiger partial charge < -0.3 is 9.15 Å². The van der Waals surface area contributed by atoms with Crippen LogP contribution in [0.25, 0.3) is 22.6 Å². The van der Waals surface area contributed by atoms with Gasteiger partial charge in [-0.05, 0) is 47.4 Å². The predicted molar refractivity (Wildman–Crippen MR) is 118 cm³/mol. The average molecular weight is 411 g/mol. The van der Waals surface area contributed by atoms with Gasteiger partial charge in [-0.15, -0.1) is 21.5 Å². The molecule has 0 aliphatic heterocycles. The van der Waals surface area contributed by atoms with Crippen LogP contribution in [0.4, 0.5) is 0 Å². The molecule has 0 N–H and O–H groups in total. The van der Waals surface area contributed by atoms with E-state index in [1.165, 1.54) is 6.39 Å². The first-order valence-corrected chi connectivity index (χ1v) is 10.3. The summed E-state index contributed by atoms with van der Waals surface area (Å²) in [6, 6.07) is 24.0. The van der Waals surface area contributed by atoms with E-state index in [9.17, 15) is 0 Å². The second-order valence-corrected chi connectivity index (χ2v) is 7.60. The summed E-state index contributed by atoms with van der Waals surface area (Å²) in [7, 11) is 0. The normalized spacial score (nSPS) is 11.7. The molecule has 5 nitrogen and oxygen atoms in total. The number of para-hydroxylation sites is 1. The van der Waals surface area contributed by atoms with Gasteiger partial charge in [0.1, 0.15) is 12.4 Å². The third kappa shape index (κ3) is 3.99. The van der Waals surface area contributed by atoms with Crippen LogP contribution in [0.1, 0.15) is 22.0 Å². The lowest BCUT2D eigenvalue weighted by Crippen LogP contribution is -1.98. The number of aromatic nitrogens is 3. The molecule has 6 heteroatoms. The minimum atomic E-state index is 0.408. The molecule has 3 heterocycles. The molecule has 0 atom stereocenters. The van der Waals surface area contributed by atoms with E-state index in [0.717, 1.165) is 38.4 Å². The Kier molecular flexibility index (Phi) is 5.06. The fraction of sp³-hybridized carbons (Fsp3) is 0.0417. The molecule has 2 aromatic carbocycles. The van der Waals surface area contributed by atoms with Crippen molar-refractivity contribution in [1.82, 2.24) is 15.2 Å². The molecule has 0 aliphatic rings. The van der Waals surface area contributed by atoms with E-state index in [4.69, 9.17) is 9.15 Å². The zero-order chi connectivity index (χ0) is 20.2. The van der Waals surface area contributed by atoms with Gasteiger partial charge in [0.2, 0.25) is 12.3 Å². The van der Waals surface area contributed by atoms with E-state index in [-0.39, 0.29) is 0 Å². The Morgan fingerprint density at radius 3 is 2.67 bits per heavy atom. The fourth-order valence-electron chi connectivity index (χ4n) is 3.15. The maximum Gasteiger partial charge on any atom is 0.248 e. The molecule has 0 fully saturated rings. The van der Waals surface area contributed by atoms with Gasteiger partial charge in [0.15, 0.2) is 0 Å². The summed E-state index contributed by atoms with van der Waals surface area (Å²) in [6.45, 7) is 0.408. The van der Waals surface area contributed by atoms with Crippen molar-refractivity contribution in [2.45, 2.75) is 6.61 Å². The zero-order valence-electron chi connectivity index (χ0n) is 15.9. The summed E-state index contributed by atoms with van der Waals surface area (Å²) in [5.41, 5.74) is 3.71. The molecule has 0 radical (unpaired) electrons. The molecule has 0 saturated heterocycles. The van der Waals surface area contributed by atoms with Gasteiger partial charge >= 0.3 is 0 Å². The summed E-state index contributed by atoms with van der Waals surface area (Å²) in [6.07, 6.45) is 3.39. The lowest BCUT2D eigenvalue weighted by molar-refractivity contribution is 0.302. The number of hydrogen-bond donors (Lipinski definition) is 0. The predicted octanol–water partition coefficient (Wildman–Crippen LogP) is 5.85. The van der Waals surface area contributed by atoms with Crippen molar-refractivity contribution >= 4 is 33.9 Å². The highest BCUT2D eigenvalue weighted by Crippen LogP contribution is 2.28. The monoisotopic (exact) mass is 411 g/mol. The first kappa shape index (κ1) is 18.3. The van der Waals surface area contributed by atoms with Crippen molar-refractivity contribution in [3.8, 4) is 5.75 Å². The minimum Gasteiger partial charge on any atom is -0.487 e. The third-order valence-electron chi connectivity index (χ3n) is 4.63. The van der Waals surface area contributed by atoms with E-state index < -0.39 is 0 Å². The van der Waals surface area contributed by atoms with Crippen molar-refractivity contribution in [3.63, 3.8) is 0 Å². The minimum absolute atomic E-state index is 0.408. The number of pyridine rings is 1. The molecule has 0 amide bonds. The fourth-order valence-corrected chi connectivity index (χ4v) is 3.81. The SMILES string of the molecule is C(=C(\c1ccc(OCc2ccc3ccccc3n2)cc1)c1nnco1)/c1cccs1. The molecule has 0 aliphatic carbocycles. The van der Waals surface area contributed by atoms with Gasteiger partial charge in [0.25, 0.3) is 0 Å². The Bertz CT molecular complexity index is 1280. The second kappa shape index (κ2) is 8.31. The van der Waals surface area contributed by atoms with Crippen LogP contribution in [0, 0.1) is 0 Å². The summed E-state index contributed by atoms with van der Waals surface area (Å²) in [5.74, 6) is 1.26. The number of thiophene rings is 1. The molecule has 0 spiro atoms. The van der Waals surface area contributed by atoms with Crippen LogP contribution < -0.4 is 4.74 Å². The lowest BCUT2D eigenvalue weighted by atomic mass is 10.0. The van der Waals surface area contributed by atoms with Crippen molar-refractivity contribution in [2.24, 2.45) is 0 Å². The Morgan fingerprint density at radius 2 is 1.87 bits per heavy atom. The quantitative estimate of drug-likeness (QED) is 0.351. The van der Waals surface area contributed by atoms with Crippen molar-refractivity contribution in [3.05, 3.63) is 107 Å². The first-order chi connectivity index (χ1) is 14.8. The highest BCUT2D eigenvalue weighted by atomic mass is 32.1. The van der Waals surface area contributed by atoms with Crippen LogP contribution in [-0.4, -0.2) is 15.2 Å². The molecule has 0 bridgehead atoms. The van der Waals surface area contributed by atoms with Gasteiger partial charge in [-0.1, -0.05) is 42.5 Å². The van der Waals surface area contributed by atoms with Gasteiger partial charge in [-0.2, -0.15) is 0 Å². The summed E-state index contributed by atoms with van der Waals surface area (Å²) >= 11 is 1.65. The number of hydrogen-bond acceptors (Lipinski definition) is 6. The van der Waals surface area contributed by atoms with E-state index in [0.29, 0.717) is 12.5 Å². The Balaban J connectivity index is 1.35.